The van der Waals surface area contributed by atoms with E-state index < -0.39 is 0 Å². The molecule has 1 aromatic heterocycles. The van der Waals surface area contributed by atoms with Gasteiger partial charge >= 0.3 is 0 Å². The second-order valence-corrected chi connectivity index (χ2v) is 7.44. The fraction of sp³-hybridized carbons (Fsp3) is 0.263. The van der Waals surface area contributed by atoms with Crippen molar-refractivity contribution in [3.8, 4) is 10.9 Å². The third kappa shape index (κ3) is 3.98. The Balaban J connectivity index is 1.41. The molecule has 1 amide bonds. The molecule has 0 radical (unpaired) electrons. The topological polar surface area (TPSA) is 51.7 Å². The third-order valence-electron chi connectivity index (χ3n) is 4.18. The summed E-state index contributed by atoms with van der Waals surface area (Å²) in [6.45, 7) is 2.57. The molecule has 4 rings (SSSR count). The van der Waals surface area contributed by atoms with Crippen molar-refractivity contribution in [3.63, 3.8) is 0 Å². The second-order valence-electron chi connectivity index (χ2n) is 6.01. The summed E-state index contributed by atoms with van der Waals surface area (Å²) in [5.74, 6) is 0.822. The van der Waals surface area contributed by atoms with Crippen molar-refractivity contribution in [3.05, 3.63) is 53.1 Å². The van der Waals surface area contributed by atoms with Gasteiger partial charge in [0, 0.05) is 18.1 Å². The lowest BCUT2D eigenvalue weighted by Gasteiger charge is -2.26. The minimum absolute atomic E-state index is 0.130. The standard InChI is InChI=1S/C19H17ClN2O3S/c20-14-3-6-16-17(12-14)26-19(21-16)25-15-4-1-13(2-5-15)11-18(23)22-7-9-24-10-8-22/h1-6,12H,7-11H2. The molecule has 3 aromatic rings. The summed E-state index contributed by atoms with van der Waals surface area (Å²) in [6.07, 6.45) is 0.389. The highest BCUT2D eigenvalue weighted by Crippen LogP contribution is 2.32. The zero-order chi connectivity index (χ0) is 17.9. The van der Waals surface area contributed by atoms with E-state index in [0.29, 0.717) is 48.7 Å². The van der Waals surface area contributed by atoms with E-state index in [-0.39, 0.29) is 5.91 Å². The summed E-state index contributed by atoms with van der Waals surface area (Å²) in [5, 5.41) is 1.25. The van der Waals surface area contributed by atoms with Gasteiger partial charge in [0.1, 0.15) is 5.75 Å². The van der Waals surface area contributed by atoms with Gasteiger partial charge in [-0.15, -0.1) is 0 Å². The van der Waals surface area contributed by atoms with E-state index in [2.05, 4.69) is 4.98 Å². The fourth-order valence-electron chi connectivity index (χ4n) is 2.80. The van der Waals surface area contributed by atoms with E-state index in [1.54, 1.807) is 0 Å². The maximum atomic E-state index is 12.3. The molecule has 1 aliphatic heterocycles. The molecule has 5 nitrogen and oxygen atoms in total. The summed E-state index contributed by atoms with van der Waals surface area (Å²) >= 11 is 7.45. The molecule has 1 saturated heterocycles. The van der Waals surface area contributed by atoms with Gasteiger partial charge in [-0.05, 0) is 35.9 Å². The molecule has 26 heavy (non-hydrogen) atoms. The zero-order valence-corrected chi connectivity index (χ0v) is 15.6. The molecule has 0 unspecified atom stereocenters. The van der Waals surface area contributed by atoms with E-state index in [9.17, 15) is 4.79 Å². The average Bonchev–Trinajstić information content (AvgIpc) is 3.05. The predicted molar refractivity (Wildman–Crippen MR) is 102 cm³/mol. The molecule has 0 aliphatic carbocycles. The summed E-state index contributed by atoms with van der Waals surface area (Å²) < 4.78 is 12.1. The van der Waals surface area contributed by atoms with Crippen LogP contribution in [0, 0.1) is 0 Å². The Morgan fingerprint density at radius 3 is 2.73 bits per heavy atom. The number of nitrogens with zero attached hydrogens (tertiary/aromatic N) is 2. The van der Waals surface area contributed by atoms with E-state index in [1.165, 1.54) is 11.3 Å². The first-order chi connectivity index (χ1) is 12.7. The molecule has 0 atom stereocenters. The SMILES string of the molecule is O=C(Cc1ccc(Oc2nc3ccc(Cl)cc3s2)cc1)N1CCOCC1. The van der Waals surface area contributed by atoms with E-state index in [4.69, 9.17) is 21.1 Å². The van der Waals surface area contributed by atoms with Crippen molar-refractivity contribution in [2.24, 2.45) is 0 Å². The fourth-order valence-corrected chi connectivity index (χ4v) is 3.91. The molecule has 7 heteroatoms. The largest absolute Gasteiger partial charge is 0.431 e. The lowest BCUT2D eigenvalue weighted by Crippen LogP contribution is -2.41. The minimum atomic E-state index is 0.130. The smallest absolute Gasteiger partial charge is 0.279 e. The van der Waals surface area contributed by atoms with Crippen molar-refractivity contribution >= 4 is 39.1 Å². The Morgan fingerprint density at radius 2 is 1.96 bits per heavy atom. The number of thiazole rings is 1. The van der Waals surface area contributed by atoms with Crippen LogP contribution in [-0.2, 0) is 16.0 Å². The van der Waals surface area contributed by atoms with Crippen molar-refractivity contribution in [1.82, 2.24) is 9.88 Å². The second kappa shape index (κ2) is 7.61. The van der Waals surface area contributed by atoms with E-state index in [1.807, 2.05) is 47.4 Å². The number of fused-ring (bicyclic) bond motifs is 1. The molecular formula is C19H17ClN2O3S. The van der Waals surface area contributed by atoms with Crippen LogP contribution in [0.5, 0.6) is 10.9 Å². The first-order valence-corrected chi connectivity index (χ1v) is 9.55. The number of rotatable bonds is 4. The minimum Gasteiger partial charge on any atom is -0.431 e. The summed E-state index contributed by atoms with van der Waals surface area (Å²) in [7, 11) is 0. The van der Waals surface area contributed by atoms with Crippen LogP contribution in [-0.4, -0.2) is 42.1 Å². The van der Waals surface area contributed by atoms with Gasteiger partial charge in [0.2, 0.25) is 5.91 Å². The zero-order valence-electron chi connectivity index (χ0n) is 14.0. The number of hydrogen-bond donors (Lipinski definition) is 0. The average molecular weight is 389 g/mol. The Kier molecular flexibility index (Phi) is 5.06. The summed E-state index contributed by atoms with van der Waals surface area (Å²) in [4.78, 5) is 18.6. The van der Waals surface area contributed by atoms with Gasteiger partial charge in [-0.3, -0.25) is 4.79 Å². The number of carbonyl (C=O) groups excluding carboxylic acids is 1. The molecule has 0 bridgehead atoms. The Labute approximate surface area is 160 Å². The number of ether oxygens (including phenoxy) is 2. The highest BCUT2D eigenvalue weighted by Gasteiger charge is 2.17. The monoisotopic (exact) mass is 388 g/mol. The van der Waals surface area contributed by atoms with Gasteiger partial charge in [-0.25, -0.2) is 4.98 Å². The van der Waals surface area contributed by atoms with Crippen LogP contribution in [0.4, 0.5) is 0 Å². The van der Waals surface area contributed by atoms with Crippen molar-refractivity contribution in [2.45, 2.75) is 6.42 Å². The number of carbonyl (C=O) groups is 1. The Bertz CT molecular complexity index is 920. The van der Waals surface area contributed by atoms with Gasteiger partial charge in [0.25, 0.3) is 5.19 Å². The number of halogens is 1. The normalized spacial score (nSPS) is 14.6. The number of amides is 1. The molecule has 0 spiro atoms. The lowest BCUT2D eigenvalue weighted by atomic mass is 10.1. The van der Waals surface area contributed by atoms with Gasteiger partial charge in [0.05, 0.1) is 29.9 Å². The maximum absolute atomic E-state index is 12.3. The Hall–Kier alpha value is -2.15. The molecular weight excluding hydrogens is 372 g/mol. The van der Waals surface area contributed by atoms with Crippen LogP contribution < -0.4 is 4.74 Å². The highest BCUT2D eigenvalue weighted by molar-refractivity contribution is 7.20. The Morgan fingerprint density at radius 1 is 1.19 bits per heavy atom. The maximum Gasteiger partial charge on any atom is 0.279 e. The molecule has 134 valence electrons. The first kappa shape index (κ1) is 17.3. The summed E-state index contributed by atoms with van der Waals surface area (Å²) in [5.41, 5.74) is 1.83. The molecule has 1 aliphatic rings. The van der Waals surface area contributed by atoms with Crippen molar-refractivity contribution in [2.75, 3.05) is 26.3 Å². The molecule has 2 aromatic carbocycles. The molecule has 1 fully saturated rings. The first-order valence-electron chi connectivity index (χ1n) is 8.36. The molecule has 0 saturated carbocycles. The third-order valence-corrected chi connectivity index (χ3v) is 5.31. The van der Waals surface area contributed by atoms with E-state index in [0.717, 1.165) is 15.8 Å². The quantitative estimate of drug-likeness (QED) is 0.674. The number of morpholine rings is 1. The van der Waals surface area contributed by atoms with Crippen LogP contribution in [0.2, 0.25) is 5.02 Å². The van der Waals surface area contributed by atoms with Gasteiger partial charge in [-0.1, -0.05) is 35.1 Å². The van der Waals surface area contributed by atoms with Crippen LogP contribution in [0.25, 0.3) is 10.2 Å². The van der Waals surface area contributed by atoms with Crippen molar-refractivity contribution in [1.29, 1.82) is 0 Å². The molecule has 0 N–H and O–H groups in total. The van der Waals surface area contributed by atoms with E-state index >= 15 is 0 Å². The number of benzene rings is 2. The van der Waals surface area contributed by atoms with Crippen molar-refractivity contribution < 1.29 is 14.3 Å². The lowest BCUT2D eigenvalue weighted by molar-refractivity contribution is -0.134. The van der Waals surface area contributed by atoms with Gasteiger partial charge < -0.3 is 14.4 Å². The van der Waals surface area contributed by atoms with Gasteiger partial charge in [0.15, 0.2) is 0 Å². The number of aromatic nitrogens is 1. The predicted octanol–water partition coefficient (Wildman–Crippen LogP) is 4.14. The molecule has 2 heterocycles. The summed E-state index contributed by atoms with van der Waals surface area (Å²) in [6, 6.07) is 13.1. The van der Waals surface area contributed by atoms with Gasteiger partial charge in [-0.2, -0.15) is 0 Å². The van der Waals surface area contributed by atoms with Crippen LogP contribution in [0.15, 0.2) is 42.5 Å². The number of hydrogen-bond acceptors (Lipinski definition) is 5. The van der Waals surface area contributed by atoms with Crippen LogP contribution >= 0.6 is 22.9 Å². The van der Waals surface area contributed by atoms with Crippen LogP contribution in [0.3, 0.4) is 0 Å². The van der Waals surface area contributed by atoms with Crippen LogP contribution in [0.1, 0.15) is 5.56 Å². The highest BCUT2D eigenvalue weighted by atomic mass is 35.5.